The molecule has 1 amide bonds. The van der Waals surface area contributed by atoms with Gasteiger partial charge in [-0.25, -0.2) is 4.98 Å². The van der Waals surface area contributed by atoms with Crippen LogP contribution in [0.1, 0.15) is 10.6 Å². The average Bonchev–Trinajstić information content (AvgIpc) is 3.22. The summed E-state index contributed by atoms with van der Waals surface area (Å²) in [7, 11) is 1.62. The number of hydrogen-bond acceptors (Lipinski definition) is 5. The van der Waals surface area contributed by atoms with Gasteiger partial charge in [0.15, 0.2) is 5.76 Å². The van der Waals surface area contributed by atoms with E-state index in [4.69, 9.17) is 13.9 Å². The Balaban J connectivity index is 1.34. The molecule has 0 unspecified atom stereocenters. The van der Waals surface area contributed by atoms with Crippen molar-refractivity contribution >= 4 is 33.6 Å². The van der Waals surface area contributed by atoms with Gasteiger partial charge in [0.2, 0.25) is 5.71 Å². The van der Waals surface area contributed by atoms with Crippen LogP contribution in [0.3, 0.4) is 0 Å². The molecular weight excluding hydrogens is 392 g/mol. The van der Waals surface area contributed by atoms with Crippen LogP contribution < -0.4 is 14.8 Å². The summed E-state index contributed by atoms with van der Waals surface area (Å²) in [4.78, 5) is 17.2. The SMILES string of the molecule is COc1ccc2nc3oc(C(=O)Nc4ccc(Oc5ccccc5)cc4)cc3cc2c1. The molecule has 2 aromatic heterocycles. The number of carbonyl (C=O) groups is 1. The largest absolute Gasteiger partial charge is 0.497 e. The zero-order valence-corrected chi connectivity index (χ0v) is 16.7. The molecular formula is C25H18N2O4. The summed E-state index contributed by atoms with van der Waals surface area (Å²) in [6.07, 6.45) is 0. The molecule has 0 bridgehead atoms. The van der Waals surface area contributed by atoms with Crippen LogP contribution in [0.2, 0.25) is 0 Å². The number of nitrogens with zero attached hydrogens (tertiary/aromatic N) is 1. The molecule has 3 aromatic carbocycles. The minimum absolute atomic E-state index is 0.189. The molecule has 0 aliphatic rings. The van der Waals surface area contributed by atoms with Crippen LogP contribution in [0.5, 0.6) is 17.2 Å². The number of carbonyl (C=O) groups excluding carboxylic acids is 1. The number of hydrogen-bond donors (Lipinski definition) is 1. The van der Waals surface area contributed by atoms with Crippen LogP contribution in [0, 0.1) is 0 Å². The normalized spacial score (nSPS) is 10.9. The minimum atomic E-state index is -0.351. The summed E-state index contributed by atoms with van der Waals surface area (Å²) in [5.74, 6) is 2.01. The smallest absolute Gasteiger partial charge is 0.291 e. The highest BCUT2D eigenvalue weighted by molar-refractivity contribution is 6.05. The molecule has 0 fully saturated rings. The Morgan fingerprint density at radius 2 is 1.58 bits per heavy atom. The highest BCUT2D eigenvalue weighted by Gasteiger charge is 2.14. The van der Waals surface area contributed by atoms with Gasteiger partial charge < -0.3 is 19.2 Å². The van der Waals surface area contributed by atoms with Crippen molar-refractivity contribution in [2.75, 3.05) is 12.4 Å². The first-order valence-electron chi connectivity index (χ1n) is 9.70. The van der Waals surface area contributed by atoms with Gasteiger partial charge in [0.25, 0.3) is 5.91 Å². The standard InChI is InChI=1S/C25H18N2O4/c1-29-21-11-12-22-16(14-21)13-17-15-23(31-25(17)27-22)24(28)26-18-7-9-20(10-8-18)30-19-5-3-2-4-6-19/h2-15H,1H3,(H,26,28). The lowest BCUT2D eigenvalue weighted by Gasteiger charge is -2.07. The quantitative estimate of drug-likeness (QED) is 0.383. The minimum Gasteiger partial charge on any atom is -0.497 e. The zero-order valence-electron chi connectivity index (χ0n) is 16.7. The first kappa shape index (κ1) is 18.7. The molecule has 5 rings (SSSR count). The van der Waals surface area contributed by atoms with Crippen molar-refractivity contribution in [3.05, 3.63) is 90.7 Å². The molecule has 0 aliphatic heterocycles. The van der Waals surface area contributed by atoms with Gasteiger partial charge in [0.05, 0.1) is 12.6 Å². The molecule has 0 aliphatic carbocycles. The van der Waals surface area contributed by atoms with Gasteiger partial charge in [0.1, 0.15) is 17.2 Å². The van der Waals surface area contributed by atoms with Gasteiger partial charge in [0, 0.05) is 16.5 Å². The van der Waals surface area contributed by atoms with Gasteiger partial charge in [-0.05, 0) is 66.7 Å². The summed E-state index contributed by atoms with van der Waals surface area (Å²) < 4.78 is 16.7. The third-order valence-corrected chi connectivity index (χ3v) is 4.82. The molecule has 0 saturated heterocycles. The Labute approximate surface area is 178 Å². The predicted octanol–water partition coefficient (Wildman–Crippen LogP) is 6.03. The summed E-state index contributed by atoms with van der Waals surface area (Å²) in [5.41, 5.74) is 1.81. The van der Waals surface area contributed by atoms with E-state index >= 15 is 0 Å². The van der Waals surface area contributed by atoms with Crippen molar-refractivity contribution in [2.24, 2.45) is 0 Å². The van der Waals surface area contributed by atoms with E-state index in [1.807, 2.05) is 54.6 Å². The summed E-state index contributed by atoms with van der Waals surface area (Å²) >= 11 is 0. The third-order valence-electron chi connectivity index (χ3n) is 4.82. The molecule has 31 heavy (non-hydrogen) atoms. The second-order valence-electron chi connectivity index (χ2n) is 6.95. The van der Waals surface area contributed by atoms with Gasteiger partial charge in [-0.15, -0.1) is 0 Å². The predicted molar refractivity (Wildman–Crippen MR) is 119 cm³/mol. The van der Waals surface area contributed by atoms with Gasteiger partial charge in [-0.2, -0.15) is 0 Å². The van der Waals surface area contributed by atoms with Crippen LogP contribution in [0.15, 0.2) is 89.3 Å². The van der Waals surface area contributed by atoms with E-state index < -0.39 is 0 Å². The number of furan rings is 1. The number of para-hydroxylation sites is 1. The molecule has 6 heteroatoms. The van der Waals surface area contributed by atoms with Crippen LogP contribution in [0.25, 0.3) is 22.0 Å². The fraction of sp³-hybridized carbons (Fsp3) is 0.0400. The molecule has 0 atom stereocenters. The zero-order chi connectivity index (χ0) is 21.2. The molecule has 2 heterocycles. The molecule has 1 N–H and O–H groups in total. The van der Waals surface area contributed by atoms with E-state index in [9.17, 15) is 4.79 Å². The van der Waals surface area contributed by atoms with E-state index in [1.54, 1.807) is 37.4 Å². The average molecular weight is 410 g/mol. The maximum absolute atomic E-state index is 12.7. The van der Waals surface area contributed by atoms with E-state index in [0.29, 0.717) is 17.2 Å². The molecule has 6 nitrogen and oxygen atoms in total. The lowest BCUT2D eigenvalue weighted by atomic mass is 10.2. The fourth-order valence-corrected chi connectivity index (χ4v) is 3.28. The van der Waals surface area contributed by atoms with Gasteiger partial charge >= 0.3 is 0 Å². The number of ether oxygens (including phenoxy) is 2. The topological polar surface area (TPSA) is 73.6 Å². The Morgan fingerprint density at radius 3 is 2.35 bits per heavy atom. The monoisotopic (exact) mass is 410 g/mol. The maximum atomic E-state index is 12.7. The number of methoxy groups -OCH3 is 1. The van der Waals surface area contributed by atoms with Crippen molar-refractivity contribution in [2.45, 2.75) is 0 Å². The summed E-state index contributed by atoms with van der Waals surface area (Å²) in [6, 6.07) is 25.8. The van der Waals surface area contributed by atoms with Crippen LogP contribution >= 0.6 is 0 Å². The van der Waals surface area contributed by atoms with E-state index in [1.165, 1.54) is 0 Å². The Hall–Kier alpha value is -4.32. The van der Waals surface area contributed by atoms with Gasteiger partial charge in [-0.1, -0.05) is 18.2 Å². The van der Waals surface area contributed by atoms with Crippen LogP contribution in [-0.4, -0.2) is 18.0 Å². The number of nitrogens with one attached hydrogen (secondary N) is 1. The van der Waals surface area contributed by atoms with Crippen LogP contribution in [-0.2, 0) is 0 Å². The highest BCUT2D eigenvalue weighted by atomic mass is 16.5. The van der Waals surface area contributed by atoms with E-state index in [2.05, 4.69) is 10.3 Å². The first-order valence-corrected chi connectivity index (χ1v) is 9.70. The van der Waals surface area contributed by atoms with Crippen LogP contribution in [0.4, 0.5) is 5.69 Å². The second-order valence-corrected chi connectivity index (χ2v) is 6.95. The number of anilines is 1. The number of pyridine rings is 1. The van der Waals surface area contributed by atoms with Crippen molar-refractivity contribution in [1.29, 1.82) is 0 Å². The van der Waals surface area contributed by atoms with Crippen molar-refractivity contribution in [1.82, 2.24) is 4.98 Å². The van der Waals surface area contributed by atoms with Gasteiger partial charge in [-0.3, -0.25) is 4.79 Å². The molecule has 0 radical (unpaired) electrons. The summed E-state index contributed by atoms with van der Waals surface area (Å²) in [6.45, 7) is 0. The third kappa shape index (κ3) is 3.91. The number of benzene rings is 3. The molecule has 5 aromatic rings. The highest BCUT2D eigenvalue weighted by Crippen LogP contribution is 2.27. The Kier molecular flexibility index (Phi) is 4.72. The van der Waals surface area contributed by atoms with Crippen molar-refractivity contribution in [3.63, 3.8) is 0 Å². The van der Waals surface area contributed by atoms with Crippen molar-refractivity contribution < 1.29 is 18.7 Å². The Bertz CT molecular complexity index is 1380. The van der Waals surface area contributed by atoms with E-state index in [0.717, 1.165) is 27.8 Å². The Morgan fingerprint density at radius 1 is 0.839 bits per heavy atom. The molecule has 0 saturated carbocycles. The molecule has 152 valence electrons. The van der Waals surface area contributed by atoms with E-state index in [-0.39, 0.29) is 11.7 Å². The number of amides is 1. The second kappa shape index (κ2) is 7.84. The fourth-order valence-electron chi connectivity index (χ4n) is 3.28. The number of aromatic nitrogens is 1. The lowest BCUT2D eigenvalue weighted by molar-refractivity contribution is 0.0998. The number of rotatable bonds is 5. The first-order chi connectivity index (χ1) is 15.2. The summed E-state index contributed by atoms with van der Waals surface area (Å²) in [5, 5.41) is 4.49. The lowest BCUT2D eigenvalue weighted by Crippen LogP contribution is -2.10. The maximum Gasteiger partial charge on any atom is 0.291 e. The number of fused-ring (bicyclic) bond motifs is 2. The van der Waals surface area contributed by atoms with Crippen molar-refractivity contribution in [3.8, 4) is 17.2 Å². The molecule has 0 spiro atoms.